The van der Waals surface area contributed by atoms with Crippen molar-refractivity contribution >= 4 is 44.9 Å². The van der Waals surface area contributed by atoms with Crippen LogP contribution in [0.15, 0.2) is 23.2 Å². The van der Waals surface area contributed by atoms with Gasteiger partial charge in [0.25, 0.3) is 0 Å². The smallest absolute Gasteiger partial charge is 0.320 e. The van der Waals surface area contributed by atoms with E-state index >= 15 is 0 Å². The van der Waals surface area contributed by atoms with Crippen molar-refractivity contribution < 1.29 is 18.0 Å². The standard InChI is InChI=1S/C22H29ClN4O4S/c1-15-5-8-20(24-18-7-6-16(23)14-17(15)18)25-21(28)19-4-2-3-9-27(19)22(29)26-10-12-32(30,31)13-11-26/h6-7,14-15,19H,2-5,8-13H2,1H3,(H,24,25,28). The minimum atomic E-state index is -3.08. The third-order valence-electron chi connectivity index (χ3n) is 6.52. The Morgan fingerprint density at radius 3 is 2.62 bits per heavy atom. The van der Waals surface area contributed by atoms with Crippen LogP contribution in [0, 0.1) is 0 Å². The zero-order valence-electron chi connectivity index (χ0n) is 18.2. The van der Waals surface area contributed by atoms with E-state index in [2.05, 4.69) is 17.2 Å². The van der Waals surface area contributed by atoms with E-state index in [1.807, 2.05) is 12.1 Å². The fourth-order valence-electron chi connectivity index (χ4n) is 4.57. The fraction of sp³-hybridized carbons (Fsp3) is 0.591. The number of sulfone groups is 1. The number of nitrogens with one attached hydrogen (secondary N) is 1. The quantitative estimate of drug-likeness (QED) is 0.667. The minimum Gasteiger partial charge on any atom is -0.323 e. The molecule has 3 amide bonds. The summed E-state index contributed by atoms with van der Waals surface area (Å²) in [6.07, 6.45) is 3.74. The van der Waals surface area contributed by atoms with Gasteiger partial charge in [-0.15, -0.1) is 0 Å². The van der Waals surface area contributed by atoms with Gasteiger partial charge in [0, 0.05) is 31.1 Å². The van der Waals surface area contributed by atoms with Gasteiger partial charge >= 0.3 is 6.03 Å². The number of aliphatic imine (C=N–C) groups is 1. The SMILES string of the molecule is CC1CCC(NC(=O)C2CCCCN2C(=O)N2CCS(=O)(=O)CC2)=Nc2ccc(Cl)cc21. The van der Waals surface area contributed by atoms with Gasteiger partial charge in [0.1, 0.15) is 11.9 Å². The number of amidine groups is 1. The molecule has 3 aliphatic rings. The van der Waals surface area contributed by atoms with Crippen molar-refractivity contribution in [2.45, 2.75) is 51.0 Å². The van der Waals surface area contributed by atoms with Crippen LogP contribution in [0.2, 0.25) is 5.02 Å². The Morgan fingerprint density at radius 2 is 1.88 bits per heavy atom. The zero-order valence-corrected chi connectivity index (χ0v) is 19.8. The predicted octanol–water partition coefficient (Wildman–Crippen LogP) is 3.09. The van der Waals surface area contributed by atoms with Crippen molar-refractivity contribution in [2.24, 2.45) is 4.99 Å². The Balaban J connectivity index is 1.48. The van der Waals surface area contributed by atoms with Crippen LogP contribution in [0.5, 0.6) is 0 Å². The molecule has 1 aromatic rings. The van der Waals surface area contributed by atoms with Gasteiger partial charge in [0.2, 0.25) is 5.91 Å². The van der Waals surface area contributed by atoms with E-state index in [1.54, 1.807) is 15.9 Å². The molecule has 0 bridgehead atoms. The van der Waals surface area contributed by atoms with Crippen LogP contribution in [-0.4, -0.2) is 73.2 Å². The Labute approximate surface area is 193 Å². The summed E-state index contributed by atoms with van der Waals surface area (Å²) in [6.45, 7) is 2.96. The van der Waals surface area contributed by atoms with Crippen LogP contribution >= 0.6 is 11.6 Å². The maximum absolute atomic E-state index is 13.2. The van der Waals surface area contributed by atoms with Crippen molar-refractivity contribution in [1.82, 2.24) is 15.1 Å². The number of hydrogen-bond acceptors (Lipinski definition) is 5. The number of rotatable bonds is 1. The molecule has 2 fully saturated rings. The predicted molar refractivity (Wildman–Crippen MR) is 124 cm³/mol. The van der Waals surface area contributed by atoms with Crippen molar-refractivity contribution in [1.29, 1.82) is 0 Å². The number of hydrogen-bond donors (Lipinski definition) is 1. The van der Waals surface area contributed by atoms with E-state index in [0.29, 0.717) is 30.2 Å². The molecule has 32 heavy (non-hydrogen) atoms. The van der Waals surface area contributed by atoms with Gasteiger partial charge in [-0.3, -0.25) is 4.79 Å². The molecular weight excluding hydrogens is 452 g/mol. The maximum atomic E-state index is 13.2. The first-order valence-electron chi connectivity index (χ1n) is 11.2. The summed E-state index contributed by atoms with van der Waals surface area (Å²) in [5.74, 6) is 0.588. The molecule has 0 saturated carbocycles. The van der Waals surface area contributed by atoms with Gasteiger partial charge in [-0.1, -0.05) is 18.5 Å². The molecule has 8 nitrogen and oxygen atoms in total. The van der Waals surface area contributed by atoms with Crippen LogP contribution in [0.1, 0.15) is 50.5 Å². The van der Waals surface area contributed by atoms with Gasteiger partial charge in [-0.25, -0.2) is 18.2 Å². The lowest BCUT2D eigenvalue weighted by molar-refractivity contribution is -0.125. The van der Waals surface area contributed by atoms with E-state index in [-0.39, 0.29) is 42.5 Å². The molecule has 0 aromatic heterocycles. The second-order valence-electron chi connectivity index (χ2n) is 8.82. The van der Waals surface area contributed by atoms with Gasteiger partial charge in [-0.2, -0.15) is 0 Å². The molecule has 0 spiro atoms. The number of halogens is 1. The number of amides is 3. The highest BCUT2D eigenvalue weighted by Gasteiger charge is 2.36. The van der Waals surface area contributed by atoms with E-state index in [9.17, 15) is 18.0 Å². The lowest BCUT2D eigenvalue weighted by Gasteiger charge is -2.39. The second-order valence-corrected chi connectivity index (χ2v) is 11.6. The molecule has 2 saturated heterocycles. The Hall–Kier alpha value is -2.13. The number of likely N-dealkylation sites (tertiary alicyclic amines) is 1. The molecule has 3 heterocycles. The third-order valence-corrected chi connectivity index (χ3v) is 8.37. The molecule has 0 radical (unpaired) electrons. The van der Waals surface area contributed by atoms with Gasteiger partial charge in [0.05, 0.1) is 17.2 Å². The van der Waals surface area contributed by atoms with E-state index in [4.69, 9.17) is 11.6 Å². The molecule has 0 aliphatic carbocycles. The lowest BCUT2D eigenvalue weighted by atomic mass is 9.96. The number of nitrogens with zero attached hydrogens (tertiary/aromatic N) is 3. The average Bonchev–Trinajstić information content (AvgIpc) is 2.92. The normalized spacial score (nSPS) is 25.4. The summed E-state index contributed by atoms with van der Waals surface area (Å²) in [5.41, 5.74) is 1.87. The molecule has 4 rings (SSSR count). The van der Waals surface area contributed by atoms with Gasteiger partial charge < -0.3 is 15.1 Å². The largest absolute Gasteiger partial charge is 0.323 e. The highest BCUT2D eigenvalue weighted by Crippen LogP contribution is 2.35. The van der Waals surface area contributed by atoms with Crippen LogP contribution in [-0.2, 0) is 14.6 Å². The summed E-state index contributed by atoms with van der Waals surface area (Å²) in [4.78, 5) is 34.1. The first kappa shape index (κ1) is 23.0. The van der Waals surface area contributed by atoms with Crippen LogP contribution in [0.4, 0.5) is 10.5 Å². The maximum Gasteiger partial charge on any atom is 0.320 e. The summed E-state index contributed by atoms with van der Waals surface area (Å²) in [5, 5.41) is 3.64. The first-order chi connectivity index (χ1) is 15.2. The molecule has 10 heteroatoms. The zero-order chi connectivity index (χ0) is 22.9. The number of piperidine rings is 1. The fourth-order valence-corrected chi connectivity index (χ4v) is 5.95. The summed E-state index contributed by atoms with van der Waals surface area (Å²) in [7, 11) is -3.08. The number of carbonyl (C=O) groups excluding carboxylic acids is 2. The Morgan fingerprint density at radius 1 is 1.12 bits per heavy atom. The summed E-state index contributed by atoms with van der Waals surface area (Å²) >= 11 is 6.15. The van der Waals surface area contributed by atoms with E-state index in [1.165, 1.54) is 0 Å². The van der Waals surface area contributed by atoms with Gasteiger partial charge in [0.15, 0.2) is 9.84 Å². The van der Waals surface area contributed by atoms with E-state index < -0.39 is 15.9 Å². The molecule has 2 atom stereocenters. The van der Waals surface area contributed by atoms with Crippen LogP contribution < -0.4 is 5.32 Å². The molecule has 3 aliphatic heterocycles. The molecular formula is C22H29ClN4O4S. The number of carbonyl (C=O) groups is 2. The number of urea groups is 1. The average molecular weight is 481 g/mol. The molecule has 2 unspecified atom stereocenters. The van der Waals surface area contributed by atoms with E-state index in [0.717, 1.165) is 30.5 Å². The van der Waals surface area contributed by atoms with Crippen molar-refractivity contribution in [3.8, 4) is 0 Å². The lowest BCUT2D eigenvalue weighted by Crippen LogP contribution is -2.58. The van der Waals surface area contributed by atoms with Crippen LogP contribution in [0.25, 0.3) is 0 Å². The highest BCUT2D eigenvalue weighted by molar-refractivity contribution is 7.91. The third kappa shape index (κ3) is 5.09. The molecule has 1 aromatic carbocycles. The summed E-state index contributed by atoms with van der Waals surface area (Å²) in [6, 6.07) is 4.75. The summed E-state index contributed by atoms with van der Waals surface area (Å²) < 4.78 is 23.4. The van der Waals surface area contributed by atoms with Gasteiger partial charge in [-0.05, 0) is 55.4 Å². The second kappa shape index (κ2) is 9.39. The Kier molecular flexibility index (Phi) is 6.76. The van der Waals surface area contributed by atoms with Crippen LogP contribution in [0.3, 0.4) is 0 Å². The molecule has 174 valence electrons. The first-order valence-corrected chi connectivity index (χ1v) is 13.4. The number of benzene rings is 1. The van der Waals surface area contributed by atoms with Crippen molar-refractivity contribution in [3.05, 3.63) is 28.8 Å². The Bertz CT molecular complexity index is 1030. The monoisotopic (exact) mass is 480 g/mol. The molecule has 1 N–H and O–H groups in total. The van der Waals surface area contributed by atoms with Crippen molar-refractivity contribution in [2.75, 3.05) is 31.1 Å². The van der Waals surface area contributed by atoms with Crippen molar-refractivity contribution in [3.63, 3.8) is 0 Å². The highest BCUT2D eigenvalue weighted by atomic mass is 35.5. The number of fused-ring (bicyclic) bond motifs is 1. The minimum absolute atomic E-state index is 0.0259. The topological polar surface area (TPSA) is 99.1 Å².